The standard InChI is InChI=1S/C19H25FN2O3/c1-12-11-15(5-6-16(12)20)17(13-3-4-13)21-19(24)22-9-7-14(8-10-22)18(23)25-2/h5-6,11,13-14,17H,3-4,7-10H2,1-2H3,(H,21,24)/t17-/m1/s1. The fourth-order valence-corrected chi connectivity index (χ4v) is 3.47. The molecule has 1 aromatic rings. The lowest BCUT2D eigenvalue weighted by Crippen LogP contribution is -2.46. The Labute approximate surface area is 147 Å². The second-order valence-corrected chi connectivity index (χ2v) is 7.06. The number of piperidine rings is 1. The van der Waals surface area contributed by atoms with E-state index in [1.54, 1.807) is 17.9 Å². The molecular formula is C19H25FN2O3. The second-order valence-electron chi connectivity index (χ2n) is 7.06. The van der Waals surface area contributed by atoms with E-state index >= 15 is 0 Å². The van der Waals surface area contributed by atoms with E-state index in [9.17, 15) is 14.0 Å². The number of rotatable bonds is 4. The summed E-state index contributed by atoms with van der Waals surface area (Å²) in [6, 6.07) is 4.86. The van der Waals surface area contributed by atoms with Gasteiger partial charge in [-0.3, -0.25) is 4.79 Å². The third-order valence-corrected chi connectivity index (χ3v) is 5.23. The highest BCUT2D eigenvalue weighted by molar-refractivity contribution is 5.76. The number of ether oxygens (including phenoxy) is 1. The van der Waals surface area contributed by atoms with Gasteiger partial charge < -0.3 is 15.0 Å². The van der Waals surface area contributed by atoms with Crippen molar-refractivity contribution in [1.82, 2.24) is 10.2 Å². The average molecular weight is 348 g/mol. The maximum absolute atomic E-state index is 13.5. The minimum Gasteiger partial charge on any atom is -0.469 e. The molecule has 2 amide bonds. The first kappa shape index (κ1) is 17.7. The highest BCUT2D eigenvalue weighted by atomic mass is 19.1. The van der Waals surface area contributed by atoms with Crippen molar-refractivity contribution < 1.29 is 18.7 Å². The Morgan fingerprint density at radius 1 is 1.24 bits per heavy atom. The van der Waals surface area contributed by atoms with Gasteiger partial charge in [-0.05, 0) is 55.7 Å². The predicted octanol–water partition coefficient (Wildman–Crippen LogP) is 3.18. The topological polar surface area (TPSA) is 58.6 Å². The van der Waals surface area contributed by atoms with Crippen molar-refractivity contribution in [3.05, 3.63) is 35.1 Å². The number of esters is 1. The largest absolute Gasteiger partial charge is 0.469 e. The van der Waals surface area contributed by atoms with Crippen LogP contribution in [0.3, 0.4) is 0 Å². The maximum Gasteiger partial charge on any atom is 0.317 e. The van der Waals surface area contributed by atoms with Crippen LogP contribution in [0, 0.1) is 24.6 Å². The quantitative estimate of drug-likeness (QED) is 0.850. The number of halogens is 1. The number of carbonyl (C=O) groups excluding carboxylic acids is 2. The molecule has 136 valence electrons. The van der Waals surface area contributed by atoms with Crippen molar-refractivity contribution in [2.45, 2.75) is 38.6 Å². The Hall–Kier alpha value is -2.11. The van der Waals surface area contributed by atoms with Gasteiger partial charge in [0.05, 0.1) is 19.1 Å². The normalized spacial score (nSPS) is 19.4. The SMILES string of the molecule is COC(=O)C1CCN(C(=O)N[C@@H](c2ccc(F)c(C)c2)C2CC2)CC1. The highest BCUT2D eigenvalue weighted by Gasteiger charge is 2.35. The Kier molecular flexibility index (Phi) is 5.25. The molecule has 6 heteroatoms. The lowest BCUT2D eigenvalue weighted by molar-refractivity contribution is -0.146. The molecule has 1 aliphatic carbocycles. The highest BCUT2D eigenvalue weighted by Crippen LogP contribution is 2.41. The molecule has 2 fully saturated rings. The van der Waals surface area contributed by atoms with E-state index in [-0.39, 0.29) is 29.8 Å². The fourth-order valence-electron chi connectivity index (χ4n) is 3.47. The summed E-state index contributed by atoms with van der Waals surface area (Å²) in [6.07, 6.45) is 3.41. The van der Waals surface area contributed by atoms with E-state index in [1.807, 2.05) is 6.07 Å². The van der Waals surface area contributed by atoms with Crippen LogP contribution >= 0.6 is 0 Å². The van der Waals surface area contributed by atoms with Gasteiger partial charge in [-0.25, -0.2) is 9.18 Å². The summed E-state index contributed by atoms with van der Waals surface area (Å²) in [5, 5.41) is 3.12. The number of carbonyl (C=O) groups is 2. The first-order valence-corrected chi connectivity index (χ1v) is 8.89. The Morgan fingerprint density at radius 2 is 1.92 bits per heavy atom. The smallest absolute Gasteiger partial charge is 0.317 e. The van der Waals surface area contributed by atoms with Gasteiger partial charge in [0.15, 0.2) is 0 Å². The van der Waals surface area contributed by atoms with Gasteiger partial charge in [-0.15, -0.1) is 0 Å². The molecule has 0 aromatic heterocycles. The summed E-state index contributed by atoms with van der Waals surface area (Å²) < 4.78 is 18.3. The second kappa shape index (κ2) is 7.42. The van der Waals surface area contributed by atoms with Gasteiger partial charge in [-0.2, -0.15) is 0 Å². The molecular weight excluding hydrogens is 323 g/mol. The van der Waals surface area contributed by atoms with E-state index in [1.165, 1.54) is 13.2 Å². The van der Waals surface area contributed by atoms with E-state index < -0.39 is 0 Å². The summed E-state index contributed by atoms with van der Waals surface area (Å²) in [7, 11) is 1.40. The minimum atomic E-state index is -0.227. The molecule has 3 rings (SSSR count). The number of methoxy groups -OCH3 is 1. The summed E-state index contributed by atoms with van der Waals surface area (Å²) in [6.45, 7) is 2.83. The molecule has 0 radical (unpaired) electrons. The molecule has 1 N–H and O–H groups in total. The molecule has 0 spiro atoms. The van der Waals surface area contributed by atoms with Gasteiger partial charge in [0, 0.05) is 13.1 Å². The summed E-state index contributed by atoms with van der Waals surface area (Å²) >= 11 is 0. The monoisotopic (exact) mass is 348 g/mol. The zero-order valence-electron chi connectivity index (χ0n) is 14.8. The zero-order valence-corrected chi connectivity index (χ0v) is 14.8. The third-order valence-electron chi connectivity index (χ3n) is 5.23. The predicted molar refractivity (Wildman–Crippen MR) is 91.4 cm³/mol. The van der Waals surface area contributed by atoms with Crippen LogP contribution in [0.15, 0.2) is 18.2 Å². The van der Waals surface area contributed by atoms with Crippen LogP contribution in [-0.4, -0.2) is 37.1 Å². The number of urea groups is 1. The minimum absolute atomic E-state index is 0.0786. The summed E-state index contributed by atoms with van der Waals surface area (Å²) in [5.74, 6) is -0.123. The number of amides is 2. The van der Waals surface area contributed by atoms with Gasteiger partial charge in [0.2, 0.25) is 0 Å². The van der Waals surface area contributed by atoms with Crippen LogP contribution in [0.4, 0.5) is 9.18 Å². The van der Waals surface area contributed by atoms with Gasteiger partial charge in [0.25, 0.3) is 0 Å². The lowest BCUT2D eigenvalue weighted by Gasteiger charge is -2.32. The third kappa shape index (κ3) is 4.11. The summed E-state index contributed by atoms with van der Waals surface area (Å²) in [4.78, 5) is 26.0. The van der Waals surface area contributed by atoms with Crippen LogP contribution in [-0.2, 0) is 9.53 Å². The Balaban J connectivity index is 1.62. The van der Waals surface area contributed by atoms with Crippen LogP contribution in [0.5, 0.6) is 0 Å². The molecule has 1 heterocycles. The molecule has 5 nitrogen and oxygen atoms in total. The molecule has 1 aliphatic heterocycles. The molecule has 1 aromatic carbocycles. The lowest BCUT2D eigenvalue weighted by atomic mass is 9.97. The van der Waals surface area contributed by atoms with E-state index in [2.05, 4.69) is 5.32 Å². The molecule has 0 unspecified atom stereocenters. The van der Waals surface area contributed by atoms with Crippen LogP contribution in [0.2, 0.25) is 0 Å². The molecule has 1 saturated heterocycles. The summed E-state index contributed by atoms with van der Waals surface area (Å²) in [5.41, 5.74) is 1.55. The van der Waals surface area contributed by atoms with Crippen LogP contribution in [0.25, 0.3) is 0 Å². The number of benzene rings is 1. The zero-order chi connectivity index (χ0) is 18.0. The van der Waals surface area contributed by atoms with Crippen LogP contribution in [0.1, 0.15) is 42.9 Å². The number of likely N-dealkylation sites (tertiary alicyclic amines) is 1. The number of nitrogens with one attached hydrogen (secondary N) is 1. The van der Waals surface area contributed by atoms with Crippen molar-refractivity contribution in [3.8, 4) is 0 Å². The van der Waals surface area contributed by atoms with Gasteiger partial charge >= 0.3 is 12.0 Å². The number of hydrogen-bond donors (Lipinski definition) is 1. The first-order valence-electron chi connectivity index (χ1n) is 8.89. The molecule has 25 heavy (non-hydrogen) atoms. The van der Waals surface area contributed by atoms with Crippen LogP contribution < -0.4 is 5.32 Å². The van der Waals surface area contributed by atoms with E-state index in [0.29, 0.717) is 37.4 Å². The molecule has 0 bridgehead atoms. The number of aryl methyl sites for hydroxylation is 1. The van der Waals surface area contributed by atoms with Crippen molar-refractivity contribution in [3.63, 3.8) is 0 Å². The fraction of sp³-hybridized carbons (Fsp3) is 0.579. The van der Waals surface area contributed by atoms with Gasteiger partial charge in [-0.1, -0.05) is 12.1 Å². The first-order chi connectivity index (χ1) is 12.0. The van der Waals surface area contributed by atoms with Crippen molar-refractivity contribution in [2.75, 3.05) is 20.2 Å². The molecule has 1 saturated carbocycles. The van der Waals surface area contributed by atoms with Crippen molar-refractivity contribution in [2.24, 2.45) is 11.8 Å². The number of hydrogen-bond acceptors (Lipinski definition) is 3. The van der Waals surface area contributed by atoms with Gasteiger partial charge in [0.1, 0.15) is 5.82 Å². The van der Waals surface area contributed by atoms with Crippen molar-refractivity contribution in [1.29, 1.82) is 0 Å². The average Bonchev–Trinajstić information content (AvgIpc) is 3.46. The Bertz CT molecular complexity index is 652. The maximum atomic E-state index is 13.5. The number of nitrogens with zero attached hydrogens (tertiary/aromatic N) is 1. The molecule has 1 atom stereocenters. The van der Waals surface area contributed by atoms with E-state index in [0.717, 1.165) is 18.4 Å². The van der Waals surface area contributed by atoms with Crippen molar-refractivity contribution >= 4 is 12.0 Å². The Morgan fingerprint density at radius 3 is 2.48 bits per heavy atom. The molecule has 2 aliphatic rings. The van der Waals surface area contributed by atoms with E-state index in [4.69, 9.17) is 4.74 Å².